The number of nitrogens with zero attached hydrogens (tertiary/aromatic N) is 2. The lowest BCUT2D eigenvalue weighted by molar-refractivity contribution is -0.438. The fourth-order valence-corrected chi connectivity index (χ4v) is 14.5. The maximum absolute atomic E-state index is 13.3. The average molecular weight is 1090 g/mol. The zero-order valence-electron chi connectivity index (χ0n) is 47.2. The van der Waals surface area contributed by atoms with Crippen LogP contribution in [0.5, 0.6) is 0 Å². The highest BCUT2D eigenvalue weighted by molar-refractivity contribution is 5.95. The van der Waals surface area contributed by atoms with Crippen molar-refractivity contribution in [3.05, 3.63) is 71.1 Å². The molecule has 16 heteroatoms. The third-order valence-electron chi connectivity index (χ3n) is 19.7. The molecule has 0 aliphatic heterocycles. The Kier molecular flexibility index (Phi) is 21.4. The highest BCUT2D eigenvalue weighted by atomic mass is 19.4. The SMILES string of the molecule is CCCCCC12CCC(C(=O)NC)(CC1)CC2.CCCCCC12CCC(C(=[NH+]C)OC)(CC1)CC2.CCCCCC12CCC(c3nnc(-c4ccccc4C(F)(F)F)o3)(CC1)CC2.NNC(=O)c1ccccc1C(F)(F)F. The topological polar surface area (TPSA) is 146 Å². The molecule has 3 aromatic rings. The van der Waals surface area contributed by atoms with E-state index in [1.807, 2.05) is 14.2 Å². The number of hydrogen-bond donors (Lipinski definition) is 4. The molecule has 9 aliphatic rings. The van der Waals surface area contributed by atoms with E-state index in [0.29, 0.717) is 33.5 Å². The first-order valence-electron chi connectivity index (χ1n) is 29.2. The smallest absolute Gasteiger partial charge is 0.417 e. The van der Waals surface area contributed by atoms with E-state index in [4.69, 9.17) is 15.0 Å². The third kappa shape index (κ3) is 14.7. The number of hydrazine groups is 1. The Bertz CT molecular complexity index is 2320. The van der Waals surface area contributed by atoms with E-state index in [0.717, 1.165) is 81.9 Å². The van der Waals surface area contributed by atoms with Gasteiger partial charge >= 0.3 is 18.3 Å². The maximum Gasteiger partial charge on any atom is 0.417 e. The largest absolute Gasteiger partial charge is 0.451 e. The third-order valence-corrected chi connectivity index (χ3v) is 19.7. The van der Waals surface area contributed by atoms with Crippen molar-refractivity contribution in [2.24, 2.45) is 32.9 Å². The van der Waals surface area contributed by atoms with E-state index in [1.165, 1.54) is 159 Å². The Morgan fingerprint density at radius 1 is 0.610 bits per heavy atom. The molecule has 9 aliphatic carbocycles. The Hall–Kier alpha value is -4.47. The highest BCUT2D eigenvalue weighted by Gasteiger charge is 2.55. The van der Waals surface area contributed by atoms with Gasteiger partial charge in [0.2, 0.25) is 17.7 Å². The molecule has 1 heterocycles. The summed E-state index contributed by atoms with van der Waals surface area (Å²) >= 11 is 0. The molecule has 5 N–H and O–H groups in total. The summed E-state index contributed by atoms with van der Waals surface area (Å²) in [5.41, 5.74) is 1.41. The first-order valence-corrected chi connectivity index (χ1v) is 29.2. The van der Waals surface area contributed by atoms with Crippen LogP contribution in [0.25, 0.3) is 11.5 Å². The molecule has 0 radical (unpaired) electrons. The number of rotatable bonds is 17. The second-order valence-corrected chi connectivity index (χ2v) is 24.0. The van der Waals surface area contributed by atoms with Gasteiger partial charge in [-0.05, 0) is 175 Å². The number of amides is 2. The van der Waals surface area contributed by atoms with Gasteiger partial charge in [-0.15, -0.1) is 10.2 Å². The van der Waals surface area contributed by atoms with Crippen LogP contribution >= 0.6 is 0 Å². The Morgan fingerprint density at radius 2 is 1.03 bits per heavy atom. The van der Waals surface area contributed by atoms with Crippen LogP contribution in [0.4, 0.5) is 26.3 Å². The predicted octanol–water partition coefficient (Wildman–Crippen LogP) is 14.6. The number of nitrogens with one attached hydrogen (secondary N) is 3. The van der Waals surface area contributed by atoms with E-state index < -0.39 is 35.0 Å². The molecule has 0 spiro atoms. The first kappa shape index (κ1) is 61.7. The number of carbonyl (C=O) groups is 2. The Balaban J connectivity index is 0.000000173. The van der Waals surface area contributed by atoms with Crippen LogP contribution in [0.3, 0.4) is 0 Å². The van der Waals surface area contributed by atoms with Crippen molar-refractivity contribution in [1.29, 1.82) is 0 Å². The molecule has 430 valence electrons. The molecule has 9 saturated carbocycles. The van der Waals surface area contributed by atoms with Gasteiger partial charge in [0.1, 0.15) is 7.05 Å². The molecule has 0 saturated heterocycles. The standard InChI is InChI=1S/C22H27F3N2O.C16H29NO.C15H27NO.C8H7F3N2O/c1-2-3-6-9-20-10-13-21(14-11-20,15-12-20)19-27-26-18(28-19)16-7-4-5-8-17(16)22(23,24)25;1-4-5-6-7-15-8-11-16(12-9-15,13-10-15)14(17-2)18-3;1-3-4-5-6-14-7-10-15(11-8-14,12-9-14)13(17)16-2;9-8(10,11)6-4-2-1-3-5(6)7(14)13-12/h4-5,7-8H,2-3,6,9-15H2,1H3;4-13H2,1-3H3;3-12H2,1-2H3,(H,16,17);1-4H,12H2,(H,13,14)/p+1. The molecular weight excluding hydrogens is 995 g/mol. The van der Waals surface area contributed by atoms with Crippen molar-refractivity contribution in [2.45, 2.75) is 231 Å². The summed E-state index contributed by atoms with van der Waals surface area (Å²) in [6, 6.07) is 9.83. The van der Waals surface area contributed by atoms with Gasteiger partial charge in [0, 0.05) is 17.9 Å². The van der Waals surface area contributed by atoms with Gasteiger partial charge in [-0.25, -0.2) is 10.8 Å². The lowest BCUT2D eigenvalue weighted by Gasteiger charge is -2.52. The summed E-state index contributed by atoms with van der Waals surface area (Å²) < 4.78 is 88.4. The molecule has 1 aromatic heterocycles. The summed E-state index contributed by atoms with van der Waals surface area (Å²) in [5.74, 6) is 5.74. The van der Waals surface area contributed by atoms with Crippen molar-refractivity contribution in [1.82, 2.24) is 20.9 Å². The zero-order valence-corrected chi connectivity index (χ0v) is 47.2. The molecule has 2 amide bonds. The quantitative estimate of drug-likeness (QED) is 0.0200. The fraction of sp³-hybridized carbons (Fsp3) is 0.721. The minimum atomic E-state index is -4.55. The van der Waals surface area contributed by atoms with Gasteiger partial charge in [-0.1, -0.05) is 103 Å². The second-order valence-electron chi connectivity index (χ2n) is 24.0. The molecule has 6 bridgehead atoms. The second kappa shape index (κ2) is 26.7. The summed E-state index contributed by atoms with van der Waals surface area (Å²) in [6.07, 6.45) is 29.4. The molecule has 77 heavy (non-hydrogen) atoms. The van der Waals surface area contributed by atoms with E-state index >= 15 is 0 Å². The molecule has 12 rings (SSSR count). The van der Waals surface area contributed by atoms with Crippen molar-refractivity contribution in [3.63, 3.8) is 0 Å². The molecule has 0 atom stereocenters. The molecule has 0 unspecified atom stereocenters. The zero-order chi connectivity index (χ0) is 56.0. The lowest BCUT2D eigenvalue weighted by atomic mass is 9.52. The van der Waals surface area contributed by atoms with E-state index in [1.54, 1.807) is 18.5 Å². The summed E-state index contributed by atoms with van der Waals surface area (Å²) in [6.45, 7) is 6.81. The van der Waals surface area contributed by atoms with Gasteiger partial charge in [0.05, 0.1) is 34.8 Å². The normalized spacial score (nSPS) is 28.2. The number of unbranched alkanes of at least 4 members (excludes halogenated alkanes) is 6. The van der Waals surface area contributed by atoms with Gasteiger partial charge in [0.15, 0.2) is 0 Å². The number of nitrogens with two attached hydrogens (primary N) is 1. The van der Waals surface area contributed by atoms with E-state index in [-0.39, 0.29) is 22.3 Å². The predicted molar refractivity (Wildman–Crippen MR) is 290 cm³/mol. The summed E-state index contributed by atoms with van der Waals surface area (Å²) in [7, 11) is 5.61. The van der Waals surface area contributed by atoms with Gasteiger partial charge in [-0.2, -0.15) is 26.3 Å². The molecule has 2 aromatic carbocycles. The monoisotopic (exact) mass is 1090 g/mol. The number of halogens is 6. The summed E-state index contributed by atoms with van der Waals surface area (Å²) in [5, 5.41) is 11.1. The minimum Gasteiger partial charge on any atom is -0.451 e. The van der Waals surface area contributed by atoms with Gasteiger partial charge in [0.25, 0.3) is 5.91 Å². The molecular formula is C61H91F6N6O4+. The van der Waals surface area contributed by atoms with Gasteiger partial charge in [-0.3, -0.25) is 15.0 Å². The minimum absolute atomic E-state index is 0.0151. The number of nitrogen functional groups attached to an aromatic ring is 1. The number of ether oxygens (including phenoxy) is 1. The number of aromatic nitrogens is 2. The van der Waals surface area contributed by atoms with Crippen LogP contribution in [0, 0.1) is 27.1 Å². The van der Waals surface area contributed by atoms with Crippen molar-refractivity contribution >= 4 is 17.7 Å². The lowest BCUT2D eigenvalue weighted by Crippen LogP contribution is -2.73. The van der Waals surface area contributed by atoms with E-state index in [9.17, 15) is 35.9 Å². The number of fused-ring (bicyclic) bond motifs is 9. The van der Waals surface area contributed by atoms with Crippen LogP contribution in [0.15, 0.2) is 52.9 Å². The van der Waals surface area contributed by atoms with Crippen LogP contribution in [0.1, 0.15) is 241 Å². The number of benzene rings is 2. The number of hydrogen-bond acceptors (Lipinski definition) is 7. The average Bonchev–Trinajstić information content (AvgIpc) is 3.97. The van der Waals surface area contributed by atoms with E-state index in [2.05, 4.69) is 41.3 Å². The van der Waals surface area contributed by atoms with Crippen LogP contribution in [-0.4, -0.2) is 49.1 Å². The first-order chi connectivity index (χ1) is 36.7. The van der Waals surface area contributed by atoms with Crippen molar-refractivity contribution in [2.75, 3.05) is 21.2 Å². The molecule has 10 nitrogen and oxygen atoms in total. The Labute approximate surface area is 455 Å². The number of carbonyl (C=O) groups excluding carboxylic acids is 2. The highest BCUT2D eigenvalue weighted by Crippen LogP contribution is 2.61. The number of methoxy groups -OCH3 is 1. The fourth-order valence-electron chi connectivity index (χ4n) is 14.5. The summed E-state index contributed by atoms with van der Waals surface area (Å²) in [4.78, 5) is 26.2. The Morgan fingerprint density at radius 3 is 1.43 bits per heavy atom. The number of alkyl halides is 6. The van der Waals surface area contributed by atoms with Crippen molar-refractivity contribution < 1.29 is 50.1 Å². The van der Waals surface area contributed by atoms with Crippen LogP contribution < -0.4 is 21.6 Å². The molecule has 9 fully saturated rings. The maximum atomic E-state index is 13.3. The van der Waals surface area contributed by atoms with Gasteiger partial charge < -0.3 is 14.5 Å². The van der Waals surface area contributed by atoms with Crippen LogP contribution in [-0.2, 0) is 27.3 Å². The van der Waals surface area contributed by atoms with Crippen LogP contribution in [0.2, 0.25) is 0 Å². The van der Waals surface area contributed by atoms with Crippen molar-refractivity contribution in [3.8, 4) is 11.5 Å².